The van der Waals surface area contributed by atoms with Crippen molar-refractivity contribution >= 4 is 11.8 Å². The van der Waals surface area contributed by atoms with Gasteiger partial charge in [0, 0.05) is 18.9 Å². The molecule has 6 heteroatoms. The quantitative estimate of drug-likeness (QED) is 0.508. The molecule has 2 heterocycles. The third kappa shape index (κ3) is 5.70. The zero-order valence-corrected chi connectivity index (χ0v) is 20.9. The highest BCUT2D eigenvalue weighted by Gasteiger charge is 2.41. The Morgan fingerprint density at radius 1 is 0.971 bits per heavy atom. The molecule has 1 atom stereocenters. The molecule has 0 aliphatic carbocycles. The van der Waals surface area contributed by atoms with Crippen LogP contribution >= 0.6 is 0 Å². The minimum Gasteiger partial charge on any atom is -0.497 e. The Morgan fingerprint density at radius 2 is 1.63 bits per heavy atom. The van der Waals surface area contributed by atoms with Crippen LogP contribution in [0.3, 0.4) is 0 Å². The standard InChI is InChI=1S/C29H33N3O3/c1-29(2,3)24-9-7-23(8-10-24)28-31(18-15-21-5-11-25(35-4)12-6-21)27(34)20-32(28)26(33)19-22-13-16-30-17-14-22/h5-14,16-17,28H,15,18-20H2,1-4H3. The van der Waals surface area contributed by atoms with Crippen molar-refractivity contribution < 1.29 is 14.3 Å². The van der Waals surface area contributed by atoms with Crippen LogP contribution in [0.4, 0.5) is 0 Å². The third-order valence-corrected chi connectivity index (χ3v) is 6.52. The first-order valence-electron chi connectivity index (χ1n) is 12.0. The lowest BCUT2D eigenvalue weighted by Crippen LogP contribution is -2.37. The number of benzene rings is 2. The lowest BCUT2D eigenvalue weighted by Gasteiger charge is -2.31. The van der Waals surface area contributed by atoms with Crippen molar-refractivity contribution in [3.05, 3.63) is 95.3 Å². The maximum absolute atomic E-state index is 13.4. The lowest BCUT2D eigenvalue weighted by molar-refractivity contribution is -0.133. The number of aromatic nitrogens is 1. The molecule has 1 aliphatic rings. The fourth-order valence-corrected chi connectivity index (χ4v) is 4.43. The van der Waals surface area contributed by atoms with E-state index in [1.807, 2.05) is 41.3 Å². The Balaban J connectivity index is 1.60. The number of amides is 2. The van der Waals surface area contributed by atoms with Gasteiger partial charge in [-0.05, 0) is 58.4 Å². The van der Waals surface area contributed by atoms with Crippen molar-refractivity contribution in [2.75, 3.05) is 20.2 Å². The molecule has 6 nitrogen and oxygen atoms in total. The molecular weight excluding hydrogens is 438 g/mol. The number of nitrogens with zero attached hydrogens (tertiary/aromatic N) is 3. The third-order valence-electron chi connectivity index (χ3n) is 6.52. The van der Waals surface area contributed by atoms with E-state index in [1.54, 1.807) is 24.4 Å². The lowest BCUT2D eigenvalue weighted by atomic mass is 9.86. The van der Waals surface area contributed by atoms with Crippen molar-refractivity contribution in [2.24, 2.45) is 0 Å². The van der Waals surface area contributed by atoms with Crippen LogP contribution in [0.1, 0.15) is 49.2 Å². The Morgan fingerprint density at radius 3 is 2.23 bits per heavy atom. The summed E-state index contributed by atoms with van der Waals surface area (Å²) in [5, 5.41) is 0. The number of carbonyl (C=O) groups excluding carboxylic acids is 2. The summed E-state index contributed by atoms with van der Waals surface area (Å²) in [5.74, 6) is 0.698. The van der Waals surface area contributed by atoms with Crippen molar-refractivity contribution in [3.63, 3.8) is 0 Å². The predicted molar refractivity (Wildman–Crippen MR) is 136 cm³/mol. The summed E-state index contributed by atoms with van der Waals surface area (Å²) in [4.78, 5) is 34.1. The molecule has 182 valence electrons. The number of rotatable bonds is 7. The molecule has 2 aromatic carbocycles. The molecule has 4 rings (SSSR count). The minimum atomic E-state index is -0.427. The molecule has 0 saturated carbocycles. The molecule has 1 saturated heterocycles. The van der Waals surface area contributed by atoms with Crippen molar-refractivity contribution in [1.82, 2.24) is 14.8 Å². The van der Waals surface area contributed by atoms with Crippen LogP contribution < -0.4 is 4.74 Å². The summed E-state index contributed by atoms with van der Waals surface area (Å²) in [6, 6.07) is 19.9. The van der Waals surface area contributed by atoms with Gasteiger partial charge in [0.05, 0.1) is 13.5 Å². The summed E-state index contributed by atoms with van der Waals surface area (Å²) in [6.45, 7) is 7.13. The van der Waals surface area contributed by atoms with Crippen LogP contribution in [0, 0.1) is 0 Å². The average molecular weight is 472 g/mol. The number of ether oxygens (including phenoxy) is 1. The van der Waals surface area contributed by atoms with Crippen molar-refractivity contribution in [1.29, 1.82) is 0 Å². The first kappa shape index (κ1) is 24.5. The van der Waals surface area contributed by atoms with E-state index in [-0.39, 0.29) is 30.2 Å². The Kier molecular flexibility index (Phi) is 7.20. The van der Waals surface area contributed by atoms with E-state index in [9.17, 15) is 9.59 Å². The van der Waals surface area contributed by atoms with Crippen LogP contribution in [0.25, 0.3) is 0 Å². The largest absolute Gasteiger partial charge is 0.497 e. The van der Waals surface area contributed by atoms with Gasteiger partial charge in [-0.2, -0.15) is 0 Å². The minimum absolute atomic E-state index is 0.0227. The van der Waals surface area contributed by atoms with Gasteiger partial charge in [0.15, 0.2) is 0 Å². The second-order valence-corrected chi connectivity index (χ2v) is 9.98. The first-order valence-corrected chi connectivity index (χ1v) is 12.0. The second-order valence-electron chi connectivity index (χ2n) is 9.98. The zero-order valence-electron chi connectivity index (χ0n) is 20.9. The van der Waals surface area contributed by atoms with Gasteiger partial charge in [-0.25, -0.2) is 0 Å². The fraction of sp³-hybridized carbons (Fsp3) is 0.345. The van der Waals surface area contributed by atoms with Gasteiger partial charge >= 0.3 is 0 Å². The summed E-state index contributed by atoms with van der Waals surface area (Å²) in [7, 11) is 1.64. The number of carbonyl (C=O) groups is 2. The Hall–Kier alpha value is -3.67. The van der Waals surface area contributed by atoms with E-state index in [0.29, 0.717) is 13.0 Å². The molecule has 1 aliphatic heterocycles. The van der Waals surface area contributed by atoms with Gasteiger partial charge < -0.3 is 14.5 Å². The van der Waals surface area contributed by atoms with Gasteiger partial charge in [-0.15, -0.1) is 0 Å². The summed E-state index contributed by atoms with van der Waals surface area (Å²) in [6.07, 6.45) is 3.87. The van der Waals surface area contributed by atoms with Crippen LogP contribution in [0.2, 0.25) is 0 Å². The van der Waals surface area contributed by atoms with Gasteiger partial charge in [0.25, 0.3) is 0 Å². The molecule has 1 fully saturated rings. The average Bonchev–Trinajstić information content (AvgIpc) is 3.19. The fourth-order valence-electron chi connectivity index (χ4n) is 4.43. The Labute approximate surface area is 207 Å². The molecule has 35 heavy (non-hydrogen) atoms. The number of hydrogen-bond donors (Lipinski definition) is 0. The normalized spacial score (nSPS) is 16.0. The van der Waals surface area contributed by atoms with Gasteiger partial charge in [-0.3, -0.25) is 14.6 Å². The first-order chi connectivity index (χ1) is 16.8. The molecule has 0 spiro atoms. The molecule has 0 N–H and O–H groups in total. The summed E-state index contributed by atoms with van der Waals surface area (Å²) in [5.41, 5.74) is 4.18. The maximum Gasteiger partial charge on any atom is 0.244 e. The van der Waals surface area contributed by atoms with Crippen molar-refractivity contribution in [3.8, 4) is 5.75 Å². The monoisotopic (exact) mass is 471 g/mol. The van der Waals surface area contributed by atoms with E-state index >= 15 is 0 Å². The number of hydrogen-bond acceptors (Lipinski definition) is 4. The second kappa shape index (κ2) is 10.3. The summed E-state index contributed by atoms with van der Waals surface area (Å²) < 4.78 is 5.25. The van der Waals surface area contributed by atoms with E-state index in [4.69, 9.17) is 4.74 Å². The molecule has 3 aromatic rings. The molecular formula is C29H33N3O3. The maximum atomic E-state index is 13.4. The van der Waals surface area contributed by atoms with Gasteiger partial charge in [0.1, 0.15) is 18.5 Å². The van der Waals surface area contributed by atoms with Crippen LogP contribution in [0.5, 0.6) is 5.75 Å². The highest BCUT2D eigenvalue weighted by atomic mass is 16.5. The molecule has 0 bridgehead atoms. The van der Waals surface area contributed by atoms with Crippen LogP contribution in [-0.4, -0.2) is 46.8 Å². The van der Waals surface area contributed by atoms with E-state index in [1.165, 1.54) is 5.56 Å². The van der Waals surface area contributed by atoms with Gasteiger partial charge in [0.2, 0.25) is 11.8 Å². The molecule has 0 radical (unpaired) electrons. The zero-order chi connectivity index (χ0) is 25.0. The van der Waals surface area contributed by atoms with E-state index in [2.05, 4.69) is 50.0 Å². The van der Waals surface area contributed by atoms with Gasteiger partial charge in [-0.1, -0.05) is 57.2 Å². The van der Waals surface area contributed by atoms with Crippen molar-refractivity contribution in [2.45, 2.75) is 45.2 Å². The van der Waals surface area contributed by atoms with E-state index in [0.717, 1.165) is 22.4 Å². The predicted octanol–water partition coefficient (Wildman–Crippen LogP) is 4.54. The SMILES string of the molecule is COc1ccc(CCN2C(=O)CN(C(=O)Cc3ccncc3)C2c2ccc(C(C)(C)C)cc2)cc1. The summed E-state index contributed by atoms with van der Waals surface area (Å²) >= 11 is 0. The van der Waals surface area contributed by atoms with Crippen LogP contribution in [0.15, 0.2) is 73.1 Å². The highest BCUT2D eigenvalue weighted by molar-refractivity contribution is 5.89. The number of pyridine rings is 1. The number of methoxy groups -OCH3 is 1. The highest BCUT2D eigenvalue weighted by Crippen LogP contribution is 2.33. The topological polar surface area (TPSA) is 62.7 Å². The smallest absolute Gasteiger partial charge is 0.244 e. The molecule has 1 aromatic heterocycles. The van der Waals surface area contributed by atoms with E-state index < -0.39 is 6.17 Å². The molecule has 2 amide bonds. The molecule has 1 unspecified atom stereocenters. The Bertz CT molecular complexity index is 1150. The van der Waals surface area contributed by atoms with Crippen LogP contribution in [-0.2, 0) is 27.8 Å².